The van der Waals surface area contributed by atoms with E-state index in [9.17, 15) is 0 Å². The van der Waals surface area contributed by atoms with Crippen molar-refractivity contribution in [2.75, 3.05) is 0 Å². The van der Waals surface area contributed by atoms with Crippen molar-refractivity contribution in [3.05, 3.63) is 24.4 Å². The molecule has 0 aliphatic carbocycles. The first-order valence-electron chi connectivity index (χ1n) is 6.20. The summed E-state index contributed by atoms with van der Waals surface area (Å²) >= 11 is 0. The molecule has 0 saturated heterocycles. The topological polar surface area (TPSA) is 28.7 Å². The Kier molecular flexibility index (Phi) is 3.14. The number of pyridine rings is 1. The largest absolute Gasteiger partial charge is 0.361 e. The molecule has 2 aromatic heterocycles. The van der Waals surface area contributed by atoms with Crippen LogP contribution in [0.25, 0.3) is 11.0 Å². The second-order valence-electron chi connectivity index (χ2n) is 4.46. The predicted molar refractivity (Wildman–Crippen MR) is 72.9 cm³/mol. The molecule has 0 spiro atoms. The molecule has 0 unspecified atom stereocenters. The van der Waals surface area contributed by atoms with Crippen molar-refractivity contribution in [3.63, 3.8) is 0 Å². The second kappa shape index (κ2) is 4.42. The third-order valence-electron chi connectivity index (χ3n) is 3.99. The number of fused-ring (bicyclic) bond motifs is 1. The van der Waals surface area contributed by atoms with Crippen molar-refractivity contribution >= 4 is 24.4 Å². The highest BCUT2D eigenvalue weighted by Crippen LogP contribution is 2.21. The molecule has 0 aromatic carbocycles. The Labute approximate surface area is 98.1 Å². The number of rotatable bonds is 4. The average Bonchev–Trinajstić information content (AvgIpc) is 2.76. The number of hydrogen-bond donors (Lipinski definition) is 1. The summed E-state index contributed by atoms with van der Waals surface area (Å²) in [4.78, 5) is 8.00. The summed E-state index contributed by atoms with van der Waals surface area (Å²) in [5.74, 6) is 0. The Morgan fingerprint density at radius 2 is 1.88 bits per heavy atom. The van der Waals surface area contributed by atoms with E-state index in [0.717, 1.165) is 5.52 Å². The molecule has 2 aromatic rings. The van der Waals surface area contributed by atoms with Gasteiger partial charge in [-0.25, -0.2) is 0 Å². The van der Waals surface area contributed by atoms with Crippen LogP contribution in [0.4, 0.5) is 0 Å². The molecule has 3 heteroatoms. The van der Waals surface area contributed by atoms with Crippen LogP contribution in [0.5, 0.6) is 0 Å². The summed E-state index contributed by atoms with van der Waals surface area (Å²) < 4.78 is 0. The van der Waals surface area contributed by atoms with Crippen molar-refractivity contribution in [3.8, 4) is 0 Å². The van der Waals surface area contributed by atoms with E-state index in [1.165, 1.54) is 29.0 Å². The summed E-state index contributed by atoms with van der Waals surface area (Å²) in [6, 6.07) is 10.3. The van der Waals surface area contributed by atoms with Crippen LogP contribution in [0.1, 0.15) is 20.8 Å². The van der Waals surface area contributed by atoms with Crippen molar-refractivity contribution in [2.45, 2.75) is 38.9 Å². The zero-order chi connectivity index (χ0) is 11.6. The number of nitrogens with zero attached hydrogens (tertiary/aromatic N) is 1. The van der Waals surface area contributed by atoms with Crippen molar-refractivity contribution in [1.82, 2.24) is 9.97 Å². The number of aromatic amines is 1. The monoisotopic (exact) mass is 232 g/mol. The first-order chi connectivity index (χ1) is 7.75. The maximum atomic E-state index is 4.41. The van der Waals surface area contributed by atoms with Gasteiger partial charge in [0.15, 0.2) is 0 Å². The standard InChI is InChI=1S/C13H20N2Si/c1-4-16(5-2,6-3)13-10-12-11(15-13)8-7-9-14-12/h7-10,15H,4-6H2,1-3H3. The van der Waals surface area contributed by atoms with E-state index >= 15 is 0 Å². The summed E-state index contributed by atoms with van der Waals surface area (Å²) in [5.41, 5.74) is 2.30. The minimum atomic E-state index is -1.27. The fourth-order valence-corrected chi connectivity index (χ4v) is 6.05. The van der Waals surface area contributed by atoms with E-state index in [4.69, 9.17) is 0 Å². The molecule has 2 rings (SSSR count). The Hall–Kier alpha value is -1.09. The van der Waals surface area contributed by atoms with Crippen LogP contribution in [0.3, 0.4) is 0 Å². The summed E-state index contributed by atoms with van der Waals surface area (Å²) in [7, 11) is -1.27. The maximum Gasteiger partial charge on any atom is 0.107 e. The van der Waals surface area contributed by atoms with Gasteiger partial charge in [-0.2, -0.15) is 0 Å². The van der Waals surface area contributed by atoms with Crippen LogP contribution in [-0.2, 0) is 0 Å². The number of hydrogen-bond acceptors (Lipinski definition) is 1. The SMILES string of the molecule is CC[Si](CC)(CC)c1cc2ncccc2[nH]1. The van der Waals surface area contributed by atoms with Gasteiger partial charge in [0.05, 0.1) is 11.0 Å². The minimum absolute atomic E-state index is 1.12. The molecule has 1 N–H and O–H groups in total. The van der Waals surface area contributed by atoms with E-state index in [1.54, 1.807) is 0 Å². The quantitative estimate of drug-likeness (QED) is 0.805. The second-order valence-corrected chi connectivity index (χ2v) is 9.68. The van der Waals surface area contributed by atoms with E-state index in [0.29, 0.717) is 0 Å². The number of nitrogens with one attached hydrogen (secondary N) is 1. The van der Waals surface area contributed by atoms with Gasteiger partial charge in [-0.3, -0.25) is 4.98 Å². The molecule has 0 aliphatic rings. The third kappa shape index (κ3) is 1.69. The molecule has 86 valence electrons. The van der Waals surface area contributed by atoms with Crippen LogP contribution in [0, 0.1) is 0 Å². The summed E-state index contributed by atoms with van der Waals surface area (Å²) in [5, 5.41) is 1.48. The maximum absolute atomic E-state index is 4.41. The lowest BCUT2D eigenvalue weighted by molar-refractivity contribution is 1.18. The number of aromatic nitrogens is 2. The van der Waals surface area contributed by atoms with Gasteiger partial charge in [-0.1, -0.05) is 38.9 Å². The molecule has 0 atom stereocenters. The van der Waals surface area contributed by atoms with Gasteiger partial charge in [-0.05, 0) is 18.2 Å². The smallest absolute Gasteiger partial charge is 0.107 e. The Bertz CT molecular complexity index is 430. The van der Waals surface area contributed by atoms with E-state index in [-0.39, 0.29) is 0 Å². The molecule has 16 heavy (non-hydrogen) atoms. The molecule has 2 heterocycles. The minimum Gasteiger partial charge on any atom is -0.361 e. The fraction of sp³-hybridized carbons (Fsp3) is 0.462. The van der Waals surface area contributed by atoms with Gasteiger partial charge in [0.1, 0.15) is 8.07 Å². The van der Waals surface area contributed by atoms with E-state index < -0.39 is 8.07 Å². The van der Waals surface area contributed by atoms with E-state index in [1.807, 2.05) is 12.3 Å². The van der Waals surface area contributed by atoms with Crippen molar-refractivity contribution in [2.24, 2.45) is 0 Å². The molecule has 0 radical (unpaired) electrons. The molecule has 0 bridgehead atoms. The van der Waals surface area contributed by atoms with Crippen molar-refractivity contribution < 1.29 is 0 Å². The highest BCUT2D eigenvalue weighted by molar-refractivity contribution is 6.91. The van der Waals surface area contributed by atoms with Gasteiger partial charge in [0, 0.05) is 11.5 Å². The van der Waals surface area contributed by atoms with Crippen LogP contribution >= 0.6 is 0 Å². The van der Waals surface area contributed by atoms with Crippen LogP contribution in [0.2, 0.25) is 18.1 Å². The highest BCUT2D eigenvalue weighted by atomic mass is 28.3. The van der Waals surface area contributed by atoms with Gasteiger partial charge in [-0.15, -0.1) is 0 Å². The average molecular weight is 232 g/mol. The Morgan fingerprint density at radius 3 is 2.44 bits per heavy atom. The lowest BCUT2D eigenvalue weighted by atomic mass is 10.4. The first kappa shape index (κ1) is 11.4. The normalized spacial score (nSPS) is 12.2. The predicted octanol–water partition coefficient (Wildman–Crippen LogP) is 3.28. The zero-order valence-electron chi connectivity index (χ0n) is 10.4. The Morgan fingerprint density at radius 1 is 1.19 bits per heavy atom. The molecular formula is C13H20N2Si. The van der Waals surface area contributed by atoms with Crippen LogP contribution in [-0.4, -0.2) is 18.0 Å². The molecule has 0 aliphatic heterocycles. The highest BCUT2D eigenvalue weighted by Gasteiger charge is 2.30. The molecule has 2 nitrogen and oxygen atoms in total. The van der Waals surface area contributed by atoms with Crippen LogP contribution < -0.4 is 5.32 Å². The number of H-pyrrole nitrogens is 1. The van der Waals surface area contributed by atoms with E-state index in [2.05, 4.69) is 42.9 Å². The first-order valence-corrected chi connectivity index (χ1v) is 8.82. The lowest BCUT2D eigenvalue weighted by Crippen LogP contribution is -2.46. The van der Waals surface area contributed by atoms with Gasteiger partial charge < -0.3 is 4.98 Å². The van der Waals surface area contributed by atoms with Gasteiger partial charge >= 0.3 is 0 Å². The molecule has 0 amide bonds. The molecular weight excluding hydrogens is 212 g/mol. The molecule has 0 fully saturated rings. The summed E-state index contributed by atoms with van der Waals surface area (Å²) in [6.07, 6.45) is 1.87. The zero-order valence-corrected chi connectivity index (χ0v) is 11.4. The van der Waals surface area contributed by atoms with Gasteiger partial charge in [0.25, 0.3) is 0 Å². The van der Waals surface area contributed by atoms with Crippen molar-refractivity contribution in [1.29, 1.82) is 0 Å². The fourth-order valence-electron chi connectivity index (χ4n) is 2.56. The molecule has 0 saturated carbocycles. The van der Waals surface area contributed by atoms with Crippen LogP contribution in [0.15, 0.2) is 24.4 Å². The summed E-state index contributed by atoms with van der Waals surface area (Å²) in [6.45, 7) is 6.99. The third-order valence-corrected chi connectivity index (χ3v) is 9.46. The lowest BCUT2D eigenvalue weighted by Gasteiger charge is -2.26. The van der Waals surface area contributed by atoms with Gasteiger partial charge in [0.2, 0.25) is 0 Å². The Balaban J connectivity index is 2.53.